The van der Waals surface area contributed by atoms with E-state index in [0.29, 0.717) is 33.2 Å². The maximum Gasteiger partial charge on any atom is 0.337 e. The Hall–Kier alpha value is -4.46. The van der Waals surface area contributed by atoms with Gasteiger partial charge < -0.3 is 14.8 Å². The van der Waals surface area contributed by atoms with Crippen molar-refractivity contribution in [3.63, 3.8) is 0 Å². The van der Waals surface area contributed by atoms with Gasteiger partial charge in [-0.1, -0.05) is 18.2 Å². The van der Waals surface area contributed by atoms with Crippen LogP contribution in [0.4, 0.5) is 10.1 Å². The molecule has 0 bridgehead atoms. The number of aromatic carboxylic acids is 1. The van der Waals surface area contributed by atoms with Crippen molar-refractivity contribution < 1.29 is 18.7 Å². The van der Waals surface area contributed by atoms with E-state index in [9.17, 15) is 19.1 Å². The van der Waals surface area contributed by atoms with Gasteiger partial charge in [0.2, 0.25) is 0 Å². The number of benzene rings is 3. The van der Waals surface area contributed by atoms with Crippen molar-refractivity contribution in [3.8, 4) is 11.3 Å². The lowest BCUT2D eigenvalue weighted by molar-refractivity contribution is 0.0698. The number of para-hydroxylation sites is 1. The summed E-state index contributed by atoms with van der Waals surface area (Å²) in [6.45, 7) is 3.73. The van der Waals surface area contributed by atoms with Crippen LogP contribution in [-0.2, 0) is 0 Å². The fourth-order valence-electron chi connectivity index (χ4n) is 4.16. The highest BCUT2D eigenvalue weighted by Crippen LogP contribution is 2.32. The molecular weight excluding hydrogens is 437 g/mol. The Balaban J connectivity index is 1.66. The van der Waals surface area contributed by atoms with E-state index in [1.54, 1.807) is 30.3 Å². The Morgan fingerprint density at radius 2 is 1.97 bits per heavy atom. The fraction of sp³-hybridized carbons (Fsp3) is 0.115. The molecule has 0 radical (unpaired) electrons. The zero-order valence-corrected chi connectivity index (χ0v) is 18.3. The number of H-pyrrole nitrogens is 1. The van der Waals surface area contributed by atoms with Gasteiger partial charge in [-0.05, 0) is 49.7 Å². The van der Waals surface area contributed by atoms with Crippen molar-refractivity contribution in [1.29, 1.82) is 0 Å². The smallest absolute Gasteiger partial charge is 0.337 e. The monoisotopic (exact) mass is 457 g/mol. The molecule has 8 heteroatoms. The summed E-state index contributed by atoms with van der Waals surface area (Å²) in [5.74, 6) is -1.32. The first-order chi connectivity index (χ1) is 16.3. The summed E-state index contributed by atoms with van der Waals surface area (Å²) in [7, 11) is 0. The fourth-order valence-corrected chi connectivity index (χ4v) is 4.16. The van der Waals surface area contributed by atoms with Crippen LogP contribution in [0.25, 0.3) is 33.2 Å². The van der Waals surface area contributed by atoms with Crippen LogP contribution < -0.4 is 10.7 Å². The van der Waals surface area contributed by atoms with Crippen molar-refractivity contribution >= 4 is 33.5 Å². The summed E-state index contributed by atoms with van der Waals surface area (Å²) in [5, 5.41) is 20.1. The van der Waals surface area contributed by atoms with E-state index >= 15 is 0 Å². The van der Waals surface area contributed by atoms with Crippen LogP contribution in [0.2, 0.25) is 0 Å². The number of hydrogen-bond acceptors (Lipinski definition) is 5. The van der Waals surface area contributed by atoms with E-state index in [-0.39, 0.29) is 22.3 Å². The molecule has 5 aromatic rings. The minimum absolute atomic E-state index is 0.136. The number of anilines is 1. The molecule has 0 aliphatic heterocycles. The van der Waals surface area contributed by atoms with Crippen LogP contribution >= 0.6 is 0 Å². The topological polar surface area (TPSA) is 108 Å². The molecule has 1 unspecified atom stereocenters. The number of aromatic nitrogens is 2. The van der Waals surface area contributed by atoms with Crippen LogP contribution in [0.15, 0.2) is 70.0 Å². The maximum atomic E-state index is 14.5. The summed E-state index contributed by atoms with van der Waals surface area (Å²) >= 11 is 0. The Bertz CT molecular complexity index is 1640. The molecule has 0 aliphatic carbocycles. The molecule has 5 rings (SSSR count). The number of carbonyl (C=O) groups is 1. The quantitative estimate of drug-likeness (QED) is 0.315. The number of rotatable bonds is 5. The van der Waals surface area contributed by atoms with Gasteiger partial charge in [0.25, 0.3) is 0 Å². The first-order valence-electron chi connectivity index (χ1n) is 10.6. The van der Waals surface area contributed by atoms with Gasteiger partial charge in [0, 0.05) is 28.3 Å². The van der Waals surface area contributed by atoms with Gasteiger partial charge in [0.1, 0.15) is 22.7 Å². The van der Waals surface area contributed by atoms with Gasteiger partial charge in [-0.2, -0.15) is 5.10 Å². The summed E-state index contributed by atoms with van der Waals surface area (Å²) < 4.78 is 20.7. The SMILES string of the molecule is Cc1cc(C(C)Nc2ccccc2C(=O)O)c2oc(-c3cc(F)c4[nH]ncc4c3)cc(=O)c2c1. The number of aryl methyl sites for hydroxylation is 1. The summed E-state index contributed by atoms with van der Waals surface area (Å²) in [6, 6.07) is 14.2. The zero-order valence-electron chi connectivity index (χ0n) is 18.3. The Morgan fingerprint density at radius 1 is 1.18 bits per heavy atom. The van der Waals surface area contributed by atoms with Crippen molar-refractivity contribution in [3.05, 3.63) is 93.5 Å². The van der Waals surface area contributed by atoms with E-state index in [0.717, 1.165) is 5.56 Å². The zero-order chi connectivity index (χ0) is 24.0. The molecule has 7 nitrogen and oxygen atoms in total. The lowest BCUT2D eigenvalue weighted by atomic mass is 10.00. The highest BCUT2D eigenvalue weighted by Gasteiger charge is 2.19. The largest absolute Gasteiger partial charge is 0.478 e. The van der Waals surface area contributed by atoms with Crippen molar-refractivity contribution in [1.82, 2.24) is 10.2 Å². The number of aromatic amines is 1. The number of nitrogens with one attached hydrogen (secondary N) is 2. The van der Waals surface area contributed by atoms with Gasteiger partial charge in [-0.15, -0.1) is 0 Å². The average Bonchev–Trinajstić information content (AvgIpc) is 3.28. The standard InChI is InChI=1S/C26H20FN3O4/c1-13-7-18(14(2)29-21-6-4-3-5-17(21)26(32)33)25-19(8-13)22(31)11-23(34-25)15-9-16-12-28-30-24(16)20(27)10-15/h3-12,14,29H,1-2H3,(H,28,30)(H,32,33). The second-order valence-corrected chi connectivity index (χ2v) is 8.21. The molecule has 3 aromatic carbocycles. The second kappa shape index (κ2) is 8.15. The molecule has 34 heavy (non-hydrogen) atoms. The molecule has 2 heterocycles. The number of fused-ring (bicyclic) bond motifs is 2. The molecule has 0 saturated heterocycles. The van der Waals surface area contributed by atoms with Crippen LogP contribution in [0.1, 0.15) is 34.5 Å². The first kappa shape index (κ1) is 21.4. The van der Waals surface area contributed by atoms with Crippen molar-refractivity contribution in [2.45, 2.75) is 19.9 Å². The highest BCUT2D eigenvalue weighted by molar-refractivity contribution is 5.94. The Labute approximate surface area is 192 Å². The van der Waals surface area contributed by atoms with Gasteiger partial charge in [-0.25, -0.2) is 9.18 Å². The minimum Gasteiger partial charge on any atom is -0.478 e. The number of nitrogens with zero attached hydrogens (tertiary/aromatic N) is 1. The third-order valence-electron chi connectivity index (χ3n) is 5.78. The van der Waals surface area contributed by atoms with E-state index in [1.807, 2.05) is 19.9 Å². The van der Waals surface area contributed by atoms with E-state index in [1.165, 1.54) is 24.4 Å². The van der Waals surface area contributed by atoms with Crippen LogP contribution in [0.3, 0.4) is 0 Å². The normalized spacial score (nSPS) is 12.2. The molecular formula is C26H20FN3O4. The molecule has 1 atom stereocenters. The molecule has 0 spiro atoms. The van der Waals surface area contributed by atoms with Crippen LogP contribution in [0.5, 0.6) is 0 Å². The third kappa shape index (κ3) is 3.69. The van der Waals surface area contributed by atoms with Gasteiger partial charge in [0.05, 0.1) is 23.2 Å². The number of carboxylic acids is 1. The average molecular weight is 457 g/mol. The lowest BCUT2D eigenvalue weighted by Gasteiger charge is -2.19. The van der Waals surface area contributed by atoms with E-state index in [2.05, 4.69) is 15.5 Å². The lowest BCUT2D eigenvalue weighted by Crippen LogP contribution is -2.12. The van der Waals surface area contributed by atoms with E-state index in [4.69, 9.17) is 4.42 Å². The summed E-state index contributed by atoms with van der Waals surface area (Å²) in [4.78, 5) is 24.6. The molecule has 0 amide bonds. The number of carboxylic acid groups (broad SMARTS) is 1. The minimum atomic E-state index is -1.05. The third-order valence-corrected chi connectivity index (χ3v) is 5.78. The first-order valence-corrected chi connectivity index (χ1v) is 10.6. The Kier molecular flexibility index (Phi) is 5.13. The van der Waals surface area contributed by atoms with Crippen LogP contribution in [0, 0.1) is 12.7 Å². The molecule has 0 fully saturated rings. The number of hydrogen-bond donors (Lipinski definition) is 3. The maximum absolute atomic E-state index is 14.5. The summed E-state index contributed by atoms with van der Waals surface area (Å²) in [6.07, 6.45) is 1.50. The van der Waals surface area contributed by atoms with Crippen LogP contribution in [-0.4, -0.2) is 21.3 Å². The van der Waals surface area contributed by atoms with Gasteiger partial charge >= 0.3 is 5.97 Å². The second-order valence-electron chi connectivity index (χ2n) is 8.21. The summed E-state index contributed by atoms with van der Waals surface area (Å²) in [5.41, 5.74) is 2.90. The highest BCUT2D eigenvalue weighted by atomic mass is 19.1. The molecule has 170 valence electrons. The van der Waals surface area contributed by atoms with E-state index < -0.39 is 17.8 Å². The molecule has 2 aromatic heterocycles. The molecule has 3 N–H and O–H groups in total. The Morgan fingerprint density at radius 3 is 2.76 bits per heavy atom. The van der Waals surface area contributed by atoms with Gasteiger partial charge in [-0.3, -0.25) is 9.89 Å². The molecule has 0 saturated carbocycles. The predicted octanol–water partition coefficient (Wildman–Crippen LogP) is 5.66. The van der Waals surface area contributed by atoms with Crippen molar-refractivity contribution in [2.24, 2.45) is 0 Å². The van der Waals surface area contributed by atoms with Gasteiger partial charge in [0.15, 0.2) is 5.43 Å². The number of halogens is 1. The predicted molar refractivity (Wildman–Crippen MR) is 128 cm³/mol. The van der Waals surface area contributed by atoms with Crippen molar-refractivity contribution in [2.75, 3.05) is 5.32 Å². The molecule has 0 aliphatic rings.